The van der Waals surface area contributed by atoms with Gasteiger partial charge in [-0.25, -0.2) is 0 Å². The van der Waals surface area contributed by atoms with Crippen molar-refractivity contribution in [3.05, 3.63) is 0 Å². The summed E-state index contributed by atoms with van der Waals surface area (Å²) in [4.78, 5) is 0. The molecule has 0 radical (unpaired) electrons. The van der Waals surface area contributed by atoms with E-state index in [4.69, 9.17) is 10.2 Å². The molecule has 1 aliphatic heterocycles. The van der Waals surface area contributed by atoms with Gasteiger partial charge in [-0.2, -0.15) is 0 Å². The molecular weight excluding hydrogens is 178 g/mol. The van der Waals surface area contributed by atoms with E-state index in [0.29, 0.717) is 0 Å². The predicted octanol–water partition coefficient (Wildman–Crippen LogP) is -3.61. The molecule has 6 heteroatoms. The molecule has 6 nitrogen and oxygen atoms in total. The Morgan fingerprint density at radius 1 is 0.769 bits per heavy atom. The summed E-state index contributed by atoms with van der Waals surface area (Å²) in [5.74, 6) is 0. The second-order valence-corrected chi connectivity index (χ2v) is 3.22. The largest absolute Gasteiger partial charge is 0.395 e. The number of aliphatic hydroxyl groups excluding tert-OH is 5. The predicted molar refractivity (Wildman–Crippen MR) is 42.9 cm³/mol. The van der Waals surface area contributed by atoms with Crippen molar-refractivity contribution in [1.29, 1.82) is 0 Å². The minimum atomic E-state index is -1.34. The molecule has 78 valence electrons. The summed E-state index contributed by atoms with van der Waals surface area (Å²) in [5.41, 5.74) is 0. The summed E-state index contributed by atoms with van der Waals surface area (Å²) in [6.07, 6.45) is -3.78. The maximum Gasteiger partial charge on any atom is 0.109 e. The molecule has 13 heavy (non-hydrogen) atoms. The van der Waals surface area contributed by atoms with E-state index in [9.17, 15) is 15.3 Å². The van der Waals surface area contributed by atoms with Crippen molar-refractivity contribution < 1.29 is 25.5 Å². The Kier molecular flexibility index (Phi) is 3.60. The van der Waals surface area contributed by atoms with Crippen LogP contribution in [-0.2, 0) is 0 Å². The van der Waals surface area contributed by atoms with E-state index in [2.05, 4.69) is 5.32 Å². The molecule has 1 saturated heterocycles. The lowest BCUT2D eigenvalue weighted by Gasteiger charge is -2.40. The molecular formula is C7H15NO5. The van der Waals surface area contributed by atoms with E-state index in [1.807, 2.05) is 0 Å². The lowest BCUT2D eigenvalue weighted by Crippen LogP contribution is -2.66. The molecule has 0 aromatic rings. The molecule has 0 aliphatic carbocycles. The van der Waals surface area contributed by atoms with Gasteiger partial charge in [0.05, 0.1) is 37.5 Å². The quantitative estimate of drug-likeness (QED) is 0.270. The minimum absolute atomic E-state index is 0.360. The molecule has 1 heterocycles. The average molecular weight is 193 g/mol. The first-order valence-electron chi connectivity index (χ1n) is 4.13. The Morgan fingerprint density at radius 3 is 1.46 bits per heavy atom. The molecule has 0 aromatic carbocycles. The highest BCUT2D eigenvalue weighted by molar-refractivity contribution is 4.97. The Labute approximate surface area is 75.4 Å². The molecule has 4 atom stereocenters. The zero-order valence-electron chi connectivity index (χ0n) is 7.04. The van der Waals surface area contributed by atoms with E-state index >= 15 is 0 Å². The topological polar surface area (TPSA) is 113 Å². The first kappa shape index (κ1) is 10.8. The van der Waals surface area contributed by atoms with Crippen LogP contribution in [0.5, 0.6) is 0 Å². The van der Waals surface area contributed by atoms with Gasteiger partial charge in [-0.1, -0.05) is 0 Å². The fourth-order valence-electron chi connectivity index (χ4n) is 1.47. The van der Waals surface area contributed by atoms with Crippen molar-refractivity contribution in [2.75, 3.05) is 13.2 Å². The van der Waals surface area contributed by atoms with Gasteiger partial charge in [-0.3, -0.25) is 0 Å². The summed E-state index contributed by atoms with van der Waals surface area (Å²) in [6.45, 7) is -0.719. The Bertz CT molecular complexity index is 147. The lowest BCUT2D eigenvalue weighted by molar-refractivity contribution is -0.125. The van der Waals surface area contributed by atoms with Gasteiger partial charge in [0.15, 0.2) is 0 Å². The second kappa shape index (κ2) is 4.32. The van der Waals surface area contributed by atoms with Crippen LogP contribution in [0.1, 0.15) is 0 Å². The van der Waals surface area contributed by atoms with Crippen LogP contribution < -0.4 is 5.32 Å². The SMILES string of the molecule is OC[C@@H]1N[C@@H](CO)[C@H](O)C(O)[C@H]1O. The van der Waals surface area contributed by atoms with Gasteiger partial charge in [0, 0.05) is 0 Å². The summed E-state index contributed by atoms with van der Waals surface area (Å²) in [7, 11) is 0. The zero-order valence-corrected chi connectivity index (χ0v) is 7.04. The van der Waals surface area contributed by atoms with Crippen LogP contribution in [0, 0.1) is 0 Å². The molecule has 0 unspecified atom stereocenters. The highest BCUT2D eigenvalue weighted by Crippen LogP contribution is 2.14. The highest BCUT2D eigenvalue weighted by atomic mass is 16.4. The van der Waals surface area contributed by atoms with E-state index in [1.54, 1.807) is 0 Å². The standard InChI is InChI=1S/C7H15NO5/c9-1-3-5(11)7(13)6(12)4(2-10)8-3/h3-13H,1-2H2/t3-,4-,5-,6-/m0/s1. The van der Waals surface area contributed by atoms with Gasteiger partial charge in [0.25, 0.3) is 0 Å². The van der Waals surface area contributed by atoms with Gasteiger partial charge in [-0.05, 0) is 0 Å². The first-order valence-corrected chi connectivity index (χ1v) is 4.13. The minimum Gasteiger partial charge on any atom is -0.395 e. The molecule has 0 amide bonds. The summed E-state index contributed by atoms with van der Waals surface area (Å²) in [6, 6.07) is -1.42. The average Bonchev–Trinajstić information content (AvgIpc) is 2.15. The van der Waals surface area contributed by atoms with Crippen molar-refractivity contribution >= 4 is 0 Å². The van der Waals surface area contributed by atoms with E-state index in [0.717, 1.165) is 0 Å². The van der Waals surface area contributed by atoms with Crippen LogP contribution in [-0.4, -0.2) is 69.1 Å². The summed E-state index contributed by atoms with van der Waals surface area (Å²) >= 11 is 0. The monoisotopic (exact) mass is 193 g/mol. The lowest BCUT2D eigenvalue weighted by atomic mass is 9.91. The normalized spacial score (nSPS) is 46.4. The van der Waals surface area contributed by atoms with Gasteiger partial charge in [-0.15, -0.1) is 0 Å². The number of rotatable bonds is 2. The molecule has 0 spiro atoms. The van der Waals surface area contributed by atoms with Crippen molar-refractivity contribution in [3.63, 3.8) is 0 Å². The van der Waals surface area contributed by atoms with Crippen molar-refractivity contribution in [3.8, 4) is 0 Å². The van der Waals surface area contributed by atoms with Crippen LogP contribution in [0.25, 0.3) is 0 Å². The van der Waals surface area contributed by atoms with E-state index in [-0.39, 0.29) is 13.2 Å². The molecule has 0 bridgehead atoms. The Hall–Kier alpha value is -0.240. The number of hydrogen-bond acceptors (Lipinski definition) is 6. The third kappa shape index (κ3) is 1.98. The third-order valence-electron chi connectivity index (χ3n) is 2.35. The fraction of sp³-hybridized carbons (Fsp3) is 1.00. The fourth-order valence-corrected chi connectivity index (χ4v) is 1.47. The Morgan fingerprint density at radius 2 is 1.15 bits per heavy atom. The summed E-state index contributed by atoms with van der Waals surface area (Å²) in [5, 5.41) is 48.1. The molecule has 0 aromatic heterocycles. The third-order valence-corrected chi connectivity index (χ3v) is 2.35. The smallest absolute Gasteiger partial charge is 0.109 e. The van der Waals surface area contributed by atoms with Crippen LogP contribution in [0.4, 0.5) is 0 Å². The highest BCUT2D eigenvalue weighted by Gasteiger charge is 2.41. The summed E-state index contributed by atoms with van der Waals surface area (Å²) < 4.78 is 0. The number of piperidine rings is 1. The van der Waals surface area contributed by atoms with Crippen molar-refractivity contribution in [2.45, 2.75) is 30.4 Å². The maximum atomic E-state index is 9.31. The van der Waals surface area contributed by atoms with Crippen LogP contribution >= 0.6 is 0 Å². The van der Waals surface area contributed by atoms with Gasteiger partial charge in [0.2, 0.25) is 0 Å². The molecule has 1 aliphatic rings. The van der Waals surface area contributed by atoms with Crippen molar-refractivity contribution in [2.24, 2.45) is 0 Å². The molecule has 1 rings (SSSR count). The van der Waals surface area contributed by atoms with Crippen LogP contribution in [0.3, 0.4) is 0 Å². The maximum absolute atomic E-state index is 9.31. The van der Waals surface area contributed by atoms with E-state index in [1.165, 1.54) is 0 Å². The van der Waals surface area contributed by atoms with Crippen molar-refractivity contribution in [1.82, 2.24) is 5.32 Å². The molecule has 6 N–H and O–H groups in total. The van der Waals surface area contributed by atoms with Gasteiger partial charge < -0.3 is 30.8 Å². The Balaban J connectivity index is 2.66. The number of hydrogen-bond donors (Lipinski definition) is 6. The number of aliphatic hydroxyl groups is 5. The first-order chi connectivity index (χ1) is 6.11. The van der Waals surface area contributed by atoms with Crippen LogP contribution in [0.2, 0.25) is 0 Å². The number of nitrogens with one attached hydrogen (secondary N) is 1. The van der Waals surface area contributed by atoms with Gasteiger partial charge >= 0.3 is 0 Å². The van der Waals surface area contributed by atoms with Gasteiger partial charge in [0.1, 0.15) is 6.10 Å². The molecule has 0 saturated carbocycles. The zero-order chi connectivity index (χ0) is 10.0. The van der Waals surface area contributed by atoms with Crippen LogP contribution in [0.15, 0.2) is 0 Å². The second-order valence-electron chi connectivity index (χ2n) is 3.22. The molecule has 1 fully saturated rings. The van der Waals surface area contributed by atoms with E-state index < -0.39 is 30.4 Å².